The Morgan fingerprint density at radius 2 is 2.04 bits per heavy atom. The molecule has 0 saturated carbocycles. The van der Waals surface area contributed by atoms with E-state index in [1.54, 1.807) is 16.9 Å². The summed E-state index contributed by atoms with van der Waals surface area (Å²) in [4.78, 5) is 12.5. The molecule has 2 aromatic rings. The number of nitrogens with zero attached hydrogens (tertiary/aromatic N) is 2. The van der Waals surface area contributed by atoms with Gasteiger partial charge in [-0.3, -0.25) is 4.79 Å². The van der Waals surface area contributed by atoms with Gasteiger partial charge in [0, 0.05) is 11.6 Å². The molecule has 6 heteroatoms. The van der Waals surface area contributed by atoms with Crippen molar-refractivity contribution in [3.8, 4) is 5.69 Å². The Balaban J connectivity index is 2.30. The van der Waals surface area contributed by atoms with Crippen LogP contribution in [0.2, 0.25) is 5.02 Å². The van der Waals surface area contributed by atoms with Crippen LogP contribution in [0.3, 0.4) is 0 Å². The van der Waals surface area contributed by atoms with Gasteiger partial charge in [-0.2, -0.15) is 5.10 Å². The number of carbonyl (C=O) groups is 1. The first-order valence-corrected chi connectivity index (χ1v) is 8.49. The number of amides is 1. The van der Waals surface area contributed by atoms with Crippen LogP contribution in [0, 0.1) is 5.92 Å². The van der Waals surface area contributed by atoms with E-state index in [2.05, 4.69) is 10.4 Å². The third kappa shape index (κ3) is 4.16. The molecule has 24 heavy (non-hydrogen) atoms. The van der Waals surface area contributed by atoms with Crippen LogP contribution in [-0.4, -0.2) is 33.4 Å². The Kier molecular flexibility index (Phi) is 6.02. The van der Waals surface area contributed by atoms with E-state index in [1.165, 1.54) is 0 Å². The number of hydrogen-bond acceptors (Lipinski definition) is 3. The van der Waals surface area contributed by atoms with Crippen molar-refractivity contribution >= 4 is 17.5 Å². The minimum absolute atomic E-state index is 0.0871. The molecule has 0 radical (unpaired) electrons. The van der Waals surface area contributed by atoms with Crippen LogP contribution in [0.25, 0.3) is 5.69 Å². The molecule has 0 spiro atoms. The zero-order valence-electron chi connectivity index (χ0n) is 14.5. The van der Waals surface area contributed by atoms with Crippen molar-refractivity contribution in [1.82, 2.24) is 15.1 Å². The number of carbonyl (C=O) groups excluding carboxylic acids is 1. The summed E-state index contributed by atoms with van der Waals surface area (Å²) in [5.74, 6) is -0.0435. The van der Waals surface area contributed by atoms with Crippen molar-refractivity contribution in [2.24, 2.45) is 5.92 Å². The highest BCUT2D eigenvalue weighted by molar-refractivity contribution is 6.30. The molecule has 1 unspecified atom stereocenters. The Labute approximate surface area is 147 Å². The first-order valence-electron chi connectivity index (χ1n) is 8.11. The van der Waals surface area contributed by atoms with Crippen molar-refractivity contribution in [2.45, 2.75) is 39.7 Å². The van der Waals surface area contributed by atoms with Crippen LogP contribution in [0.15, 0.2) is 30.5 Å². The minimum Gasteiger partial charge on any atom is -0.391 e. The SMILES string of the molecule is CC(C)c1c(C(=O)NCC(O)C(C)C)cnn1-c1cccc(Cl)c1. The van der Waals surface area contributed by atoms with Gasteiger partial charge in [0.1, 0.15) is 0 Å². The van der Waals surface area contributed by atoms with E-state index in [4.69, 9.17) is 11.6 Å². The summed E-state index contributed by atoms with van der Waals surface area (Å²) in [5, 5.41) is 17.6. The maximum absolute atomic E-state index is 12.5. The molecule has 2 N–H and O–H groups in total. The van der Waals surface area contributed by atoms with Gasteiger partial charge in [0.15, 0.2) is 0 Å². The zero-order chi connectivity index (χ0) is 17.9. The van der Waals surface area contributed by atoms with Gasteiger partial charge in [-0.1, -0.05) is 45.4 Å². The molecular formula is C18H24ClN3O2. The smallest absolute Gasteiger partial charge is 0.254 e. The van der Waals surface area contributed by atoms with Crippen LogP contribution < -0.4 is 5.32 Å². The molecule has 5 nitrogen and oxygen atoms in total. The Morgan fingerprint density at radius 3 is 2.62 bits per heavy atom. The van der Waals surface area contributed by atoms with E-state index in [0.717, 1.165) is 11.4 Å². The monoisotopic (exact) mass is 349 g/mol. The highest BCUT2D eigenvalue weighted by Crippen LogP contribution is 2.24. The third-order valence-corrected chi connectivity index (χ3v) is 4.13. The fourth-order valence-electron chi connectivity index (χ4n) is 2.43. The van der Waals surface area contributed by atoms with Crippen molar-refractivity contribution in [3.05, 3.63) is 46.7 Å². The average molecular weight is 350 g/mol. The van der Waals surface area contributed by atoms with E-state index in [-0.39, 0.29) is 24.3 Å². The lowest BCUT2D eigenvalue weighted by Gasteiger charge is -2.16. The highest BCUT2D eigenvalue weighted by Gasteiger charge is 2.21. The predicted octanol–water partition coefficient (Wildman–Crippen LogP) is 3.40. The molecule has 1 aromatic carbocycles. The van der Waals surface area contributed by atoms with Gasteiger partial charge in [-0.25, -0.2) is 4.68 Å². The quantitative estimate of drug-likeness (QED) is 0.840. The molecular weight excluding hydrogens is 326 g/mol. The van der Waals surface area contributed by atoms with E-state index in [9.17, 15) is 9.90 Å². The summed E-state index contributed by atoms with van der Waals surface area (Å²) in [5.41, 5.74) is 2.14. The molecule has 1 aromatic heterocycles. The van der Waals surface area contributed by atoms with Crippen LogP contribution in [-0.2, 0) is 0 Å². The zero-order valence-corrected chi connectivity index (χ0v) is 15.2. The fourth-order valence-corrected chi connectivity index (χ4v) is 2.61. The summed E-state index contributed by atoms with van der Waals surface area (Å²) >= 11 is 6.06. The first-order chi connectivity index (χ1) is 11.3. The highest BCUT2D eigenvalue weighted by atomic mass is 35.5. The van der Waals surface area contributed by atoms with Crippen LogP contribution in [0.1, 0.15) is 49.7 Å². The van der Waals surface area contributed by atoms with Gasteiger partial charge in [0.05, 0.1) is 29.2 Å². The van der Waals surface area contributed by atoms with Gasteiger partial charge in [0.2, 0.25) is 0 Å². The number of aromatic nitrogens is 2. The largest absolute Gasteiger partial charge is 0.391 e. The van der Waals surface area contributed by atoms with E-state index < -0.39 is 6.10 Å². The molecule has 0 fully saturated rings. The molecule has 2 rings (SSSR count). The summed E-state index contributed by atoms with van der Waals surface area (Å²) in [6.07, 6.45) is 0.993. The second kappa shape index (κ2) is 7.81. The second-order valence-corrected chi connectivity index (χ2v) is 6.95. The molecule has 0 aliphatic heterocycles. The molecule has 0 saturated heterocycles. The summed E-state index contributed by atoms with van der Waals surface area (Å²) in [6.45, 7) is 8.06. The van der Waals surface area contributed by atoms with E-state index >= 15 is 0 Å². The minimum atomic E-state index is -0.570. The molecule has 0 aliphatic rings. The lowest BCUT2D eigenvalue weighted by Crippen LogP contribution is -2.35. The van der Waals surface area contributed by atoms with Crippen LogP contribution in [0.4, 0.5) is 0 Å². The average Bonchev–Trinajstić information content (AvgIpc) is 2.97. The number of halogens is 1. The fraction of sp³-hybridized carbons (Fsp3) is 0.444. The van der Waals surface area contributed by atoms with Crippen molar-refractivity contribution in [1.29, 1.82) is 0 Å². The van der Waals surface area contributed by atoms with E-state index in [1.807, 2.05) is 45.9 Å². The maximum Gasteiger partial charge on any atom is 0.254 e. The number of nitrogens with one attached hydrogen (secondary N) is 1. The lowest BCUT2D eigenvalue weighted by atomic mass is 10.0. The van der Waals surface area contributed by atoms with Crippen LogP contribution >= 0.6 is 11.6 Å². The molecule has 1 atom stereocenters. The summed E-state index contributed by atoms with van der Waals surface area (Å²) in [7, 11) is 0. The molecule has 130 valence electrons. The number of rotatable bonds is 6. The molecule has 0 aliphatic carbocycles. The predicted molar refractivity (Wildman–Crippen MR) is 95.8 cm³/mol. The van der Waals surface area contributed by atoms with Gasteiger partial charge >= 0.3 is 0 Å². The third-order valence-electron chi connectivity index (χ3n) is 3.89. The number of aliphatic hydroxyl groups excluding tert-OH is 1. The van der Waals surface area contributed by atoms with Crippen molar-refractivity contribution in [2.75, 3.05) is 6.54 Å². The molecule has 0 bridgehead atoms. The van der Waals surface area contributed by atoms with Crippen molar-refractivity contribution < 1.29 is 9.90 Å². The number of benzene rings is 1. The van der Waals surface area contributed by atoms with Gasteiger partial charge in [-0.05, 0) is 30.0 Å². The number of aliphatic hydroxyl groups is 1. The van der Waals surface area contributed by atoms with E-state index in [0.29, 0.717) is 10.6 Å². The molecule has 1 heterocycles. The van der Waals surface area contributed by atoms with Gasteiger partial charge < -0.3 is 10.4 Å². The topological polar surface area (TPSA) is 67.2 Å². The number of hydrogen-bond donors (Lipinski definition) is 2. The Bertz CT molecular complexity index is 710. The maximum atomic E-state index is 12.5. The standard InChI is InChI=1S/C18H24ClN3O2/c1-11(2)16(23)10-20-18(24)15-9-21-22(17(15)12(3)4)14-7-5-6-13(19)8-14/h5-9,11-12,16,23H,10H2,1-4H3,(H,20,24). The van der Waals surface area contributed by atoms with Gasteiger partial charge in [-0.15, -0.1) is 0 Å². The van der Waals surface area contributed by atoms with Crippen LogP contribution in [0.5, 0.6) is 0 Å². The normalized spacial score (nSPS) is 12.7. The summed E-state index contributed by atoms with van der Waals surface area (Å²) in [6, 6.07) is 7.35. The van der Waals surface area contributed by atoms with Crippen molar-refractivity contribution in [3.63, 3.8) is 0 Å². The Morgan fingerprint density at radius 1 is 1.33 bits per heavy atom. The Hall–Kier alpha value is -1.85. The first kappa shape index (κ1) is 18.5. The summed E-state index contributed by atoms with van der Waals surface area (Å²) < 4.78 is 1.74. The molecule has 1 amide bonds. The van der Waals surface area contributed by atoms with Gasteiger partial charge in [0.25, 0.3) is 5.91 Å². The lowest BCUT2D eigenvalue weighted by molar-refractivity contribution is 0.0870. The second-order valence-electron chi connectivity index (χ2n) is 6.51.